The van der Waals surface area contributed by atoms with Gasteiger partial charge in [0.1, 0.15) is 0 Å². The zero-order chi connectivity index (χ0) is 25.1. The van der Waals surface area contributed by atoms with Crippen molar-refractivity contribution in [2.24, 2.45) is 23.7 Å². The Morgan fingerprint density at radius 2 is 1.48 bits per heavy atom. The molecule has 2 aliphatic heterocycles. The Morgan fingerprint density at radius 1 is 0.939 bits per heavy atom. The van der Waals surface area contributed by atoms with E-state index in [1.807, 2.05) is 32.0 Å². The smallest absolute Gasteiger partial charge is 0.237 e. The maximum absolute atomic E-state index is 11.8. The van der Waals surface area contributed by atoms with Crippen molar-refractivity contribution < 1.29 is 19.1 Å². The van der Waals surface area contributed by atoms with Crippen LogP contribution >= 0.6 is 0 Å². The van der Waals surface area contributed by atoms with Crippen molar-refractivity contribution in [2.45, 2.75) is 73.8 Å². The van der Waals surface area contributed by atoms with Gasteiger partial charge in [0.2, 0.25) is 17.7 Å². The second-order valence-electron chi connectivity index (χ2n) is 8.96. The average Bonchev–Trinajstić information content (AvgIpc) is 3.15. The molecule has 1 aromatic rings. The van der Waals surface area contributed by atoms with Gasteiger partial charge in [0.25, 0.3) is 0 Å². The second-order valence-corrected chi connectivity index (χ2v) is 8.96. The third-order valence-corrected chi connectivity index (χ3v) is 6.46. The van der Waals surface area contributed by atoms with E-state index in [1.54, 1.807) is 26.0 Å². The molecule has 2 heterocycles. The second kappa shape index (κ2) is 13.9. The Balaban J connectivity index is 0.000000264. The first kappa shape index (κ1) is 28.6. The number of benzene rings is 1. The van der Waals surface area contributed by atoms with Gasteiger partial charge in [0.15, 0.2) is 0 Å². The van der Waals surface area contributed by atoms with Gasteiger partial charge < -0.3 is 10.1 Å². The molecule has 5 atom stereocenters. The minimum Gasteiger partial charge on any atom is -0.379 e. The lowest BCUT2D eigenvalue weighted by Crippen LogP contribution is -2.30. The number of para-hydroxylation sites is 1. The van der Waals surface area contributed by atoms with Crippen LogP contribution in [0.4, 0.5) is 5.69 Å². The Kier molecular flexibility index (Phi) is 12.1. The molecule has 3 rings (SSSR count). The summed E-state index contributed by atoms with van der Waals surface area (Å²) in [7, 11) is 0. The van der Waals surface area contributed by atoms with Gasteiger partial charge in [-0.25, -0.2) is 0 Å². The molecule has 0 aliphatic carbocycles. The summed E-state index contributed by atoms with van der Waals surface area (Å²) >= 11 is 0. The molecule has 0 spiro atoms. The quantitative estimate of drug-likeness (QED) is 0.461. The Labute approximate surface area is 199 Å². The van der Waals surface area contributed by atoms with Crippen molar-refractivity contribution in [3.63, 3.8) is 0 Å². The average molecular weight is 459 g/mol. The molecule has 0 bridgehead atoms. The summed E-state index contributed by atoms with van der Waals surface area (Å²) in [6.45, 7) is 18.6. The van der Waals surface area contributed by atoms with Crippen LogP contribution in [-0.4, -0.2) is 30.4 Å². The standard InChI is InChI=1S/C12H13NO2.C8H18O.C7H11NO/c1-8-9(2)12(15)13(11(8)14)10-6-4-3-5-7-10;1-4-6-7-9-8(3)5-2;1-4-5(2)7(9)8-6(4)3/h3-9H,1-2H3;8H,4-7H2,1-3H3;4-5H,3H2,1-2H3,(H,8,9). The Morgan fingerprint density at radius 3 is 1.85 bits per heavy atom. The van der Waals surface area contributed by atoms with Crippen LogP contribution in [0.2, 0.25) is 0 Å². The van der Waals surface area contributed by atoms with Crippen LogP contribution in [0, 0.1) is 23.7 Å². The van der Waals surface area contributed by atoms with E-state index in [4.69, 9.17) is 4.74 Å². The lowest BCUT2D eigenvalue weighted by atomic mass is 9.98. The molecular formula is C27H42N2O4. The van der Waals surface area contributed by atoms with Crippen LogP contribution in [0.25, 0.3) is 0 Å². The molecular weight excluding hydrogens is 416 g/mol. The number of imide groups is 1. The SMILES string of the molecule is C=C1NC(=O)C(C)C1C.CC1C(=O)N(c2ccccc2)C(=O)C1C.CCCCOC(C)CC. The molecule has 184 valence electrons. The van der Waals surface area contributed by atoms with Crippen LogP contribution in [0.3, 0.4) is 0 Å². The van der Waals surface area contributed by atoms with E-state index in [2.05, 4.69) is 32.7 Å². The summed E-state index contributed by atoms with van der Waals surface area (Å²) in [5, 5.41) is 2.68. The Bertz CT molecular complexity index is 755. The van der Waals surface area contributed by atoms with Crippen molar-refractivity contribution >= 4 is 23.4 Å². The van der Waals surface area contributed by atoms with E-state index in [1.165, 1.54) is 17.7 Å². The van der Waals surface area contributed by atoms with Crippen molar-refractivity contribution in [3.8, 4) is 0 Å². The minimum atomic E-state index is -0.210. The number of nitrogens with one attached hydrogen (secondary N) is 1. The number of amides is 3. The Hall–Kier alpha value is -2.47. The van der Waals surface area contributed by atoms with Gasteiger partial charge in [0.05, 0.1) is 11.8 Å². The molecule has 2 fully saturated rings. The lowest BCUT2D eigenvalue weighted by Gasteiger charge is -2.13. The van der Waals surface area contributed by atoms with Gasteiger partial charge in [-0.15, -0.1) is 0 Å². The molecule has 0 radical (unpaired) electrons. The highest BCUT2D eigenvalue weighted by Gasteiger charge is 2.42. The topological polar surface area (TPSA) is 75.7 Å². The number of anilines is 1. The molecule has 2 aliphatic rings. The molecule has 0 aromatic heterocycles. The number of ether oxygens (including phenoxy) is 1. The number of unbranched alkanes of at least 4 members (excludes halogenated alkanes) is 1. The molecule has 1 N–H and O–H groups in total. The predicted octanol–water partition coefficient (Wildman–Crippen LogP) is 5.34. The van der Waals surface area contributed by atoms with Gasteiger partial charge >= 0.3 is 0 Å². The molecule has 5 unspecified atom stereocenters. The highest BCUT2D eigenvalue weighted by atomic mass is 16.5. The van der Waals surface area contributed by atoms with Gasteiger partial charge in [-0.3, -0.25) is 19.3 Å². The fraction of sp³-hybridized carbons (Fsp3) is 0.593. The van der Waals surface area contributed by atoms with Crippen LogP contribution in [0.5, 0.6) is 0 Å². The normalized spacial score (nSPS) is 25.1. The van der Waals surface area contributed by atoms with E-state index in [9.17, 15) is 14.4 Å². The first-order valence-corrected chi connectivity index (χ1v) is 12.1. The minimum absolute atomic E-state index is 0.0984. The molecule has 0 saturated carbocycles. The summed E-state index contributed by atoms with van der Waals surface area (Å²) in [6, 6.07) is 9.07. The molecule has 6 nitrogen and oxygen atoms in total. The third kappa shape index (κ3) is 8.11. The van der Waals surface area contributed by atoms with E-state index in [0.29, 0.717) is 17.7 Å². The zero-order valence-corrected chi connectivity index (χ0v) is 21.4. The van der Waals surface area contributed by atoms with Crippen LogP contribution in [0.15, 0.2) is 42.6 Å². The maximum atomic E-state index is 11.8. The maximum Gasteiger partial charge on any atom is 0.237 e. The molecule has 2 saturated heterocycles. The van der Waals surface area contributed by atoms with E-state index in [-0.39, 0.29) is 35.5 Å². The van der Waals surface area contributed by atoms with Gasteiger partial charge in [-0.2, -0.15) is 0 Å². The number of hydrogen-bond donors (Lipinski definition) is 1. The fourth-order valence-electron chi connectivity index (χ4n) is 3.24. The number of allylic oxidation sites excluding steroid dienone is 1. The van der Waals surface area contributed by atoms with Crippen molar-refractivity contribution in [1.29, 1.82) is 0 Å². The number of rotatable bonds is 6. The monoisotopic (exact) mass is 458 g/mol. The van der Waals surface area contributed by atoms with Gasteiger partial charge in [0, 0.05) is 36.0 Å². The molecule has 6 heteroatoms. The van der Waals surface area contributed by atoms with Gasteiger partial charge in [-0.1, -0.05) is 72.7 Å². The third-order valence-electron chi connectivity index (χ3n) is 6.46. The summed E-state index contributed by atoms with van der Waals surface area (Å²) in [6.07, 6.45) is 4.02. The van der Waals surface area contributed by atoms with E-state index in [0.717, 1.165) is 18.7 Å². The van der Waals surface area contributed by atoms with E-state index >= 15 is 0 Å². The van der Waals surface area contributed by atoms with Crippen LogP contribution in [0.1, 0.15) is 67.7 Å². The van der Waals surface area contributed by atoms with Gasteiger partial charge in [-0.05, 0) is 31.9 Å². The van der Waals surface area contributed by atoms with Crippen LogP contribution < -0.4 is 10.2 Å². The number of carbonyl (C=O) groups is 3. The summed E-state index contributed by atoms with van der Waals surface area (Å²) in [5.41, 5.74) is 1.52. The summed E-state index contributed by atoms with van der Waals surface area (Å²) < 4.78 is 5.43. The zero-order valence-electron chi connectivity index (χ0n) is 21.4. The largest absolute Gasteiger partial charge is 0.379 e. The summed E-state index contributed by atoms with van der Waals surface area (Å²) in [4.78, 5) is 35.8. The first-order chi connectivity index (χ1) is 15.6. The predicted molar refractivity (Wildman–Crippen MR) is 133 cm³/mol. The highest BCUT2D eigenvalue weighted by Crippen LogP contribution is 2.30. The van der Waals surface area contributed by atoms with Crippen LogP contribution in [-0.2, 0) is 19.1 Å². The van der Waals surface area contributed by atoms with Crippen molar-refractivity contribution in [3.05, 3.63) is 42.6 Å². The molecule has 3 amide bonds. The van der Waals surface area contributed by atoms with Crippen molar-refractivity contribution in [2.75, 3.05) is 11.5 Å². The molecule has 33 heavy (non-hydrogen) atoms. The number of carbonyl (C=O) groups excluding carboxylic acids is 3. The highest BCUT2D eigenvalue weighted by molar-refractivity contribution is 6.21. The number of nitrogens with zero attached hydrogens (tertiary/aromatic N) is 1. The van der Waals surface area contributed by atoms with E-state index < -0.39 is 0 Å². The molecule has 1 aromatic carbocycles. The first-order valence-electron chi connectivity index (χ1n) is 12.1. The number of hydrogen-bond acceptors (Lipinski definition) is 4. The summed E-state index contributed by atoms with van der Waals surface area (Å²) in [5.74, 6) is -0.102. The lowest BCUT2D eigenvalue weighted by molar-refractivity contribution is -0.123. The fourth-order valence-corrected chi connectivity index (χ4v) is 3.24. The van der Waals surface area contributed by atoms with Crippen molar-refractivity contribution in [1.82, 2.24) is 5.32 Å².